The lowest BCUT2D eigenvalue weighted by Gasteiger charge is -2.02. The maximum Gasteiger partial charge on any atom is 0.264 e. The number of thioether (sulfide) groups is 1. The minimum Gasteiger partial charge on any atom is -0.454 e. The number of amidine groups is 1. The van der Waals surface area contributed by atoms with Crippen LogP contribution in [-0.4, -0.2) is 23.9 Å². The number of aliphatic imine (C=N–C) groups is 1. The Morgan fingerprint density at radius 2 is 2.05 bits per heavy atom. The number of hydrogen-bond donors (Lipinski definition) is 1. The van der Waals surface area contributed by atoms with E-state index in [-0.39, 0.29) is 12.7 Å². The van der Waals surface area contributed by atoms with E-state index < -0.39 is 0 Å². The van der Waals surface area contributed by atoms with Gasteiger partial charge in [-0.05, 0) is 48.4 Å². The molecular formula is C16H16N2O3S. The van der Waals surface area contributed by atoms with Gasteiger partial charge in [-0.3, -0.25) is 9.79 Å². The molecule has 0 spiro atoms. The third-order valence-electron chi connectivity index (χ3n) is 3.97. The Labute approximate surface area is 132 Å². The van der Waals surface area contributed by atoms with Gasteiger partial charge in [0.1, 0.15) is 0 Å². The Hall–Kier alpha value is -1.95. The monoisotopic (exact) mass is 316 g/mol. The molecule has 1 aliphatic carbocycles. The molecule has 3 aliphatic rings. The normalized spacial score (nSPS) is 24.5. The molecule has 1 N–H and O–H groups in total. The van der Waals surface area contributed by atoms with Gasteiger partial charge < -0.3 is 14.8 Å². The average molecular weight is 316 g/mol. The molecule has 114 valence electrons. The van der Waals surface area contributed by atoms with E-state index in [9.17, 15) is 4.79 Å². The fourth-order valence-corrected chi connectivity index (χ4v) is 3.73. The number of fused-ring (bicyclic) bond motifs is 1. The Morgan fingerprint density at radius 1 is 1.23 bits per heavy atom. The SMILES string of the molecule is O=C1NC(=NC2CCCC2)SC1=Cc1ccc2c(c1)OCO2. The first-order chi connectivity index (χ1) is 10.8. The predicted octanol–water partition coefficient (Wildman–Crippen LogP) is 2.92. The molecule has 2 fully saturated rings. The predicted molar refractivity (Wildman–Crippen MR) is 86.0 cm³/mol. The van der Waals surface area contributed by atoms with Gasteiger partial charge in [-0.1, -0.05) is 18.9 Å². The molecule has 4 rings (SSSR count). The number of rotatable bonds is 2. The number of nitrogens with one attached hydrogen (secondary N) is 1. The maximum atomic E-state index is 12.1. The van der Waals surface area contributed by atoms with Crippen molar-refractivity contribution in [3.63, 3.8) is 0 Å². The first kappa shape index (κ1) is 13.7. The molecule has 2 aliphatic heterocycles. The fraction of sp³-hybridized carbons (Fsp3) is 0.375. The molecule has 0 unspecified atom stereocenters. The number of nitrogens with zero attached hydrogens (tertiary/aromatic N) is 1. The Kier molecular flexibility index (Phi) is 3.54. The molecule has 1 saturated carbocycles. The van der Waals surface area contributed by atoms with Crippen molar-refractivity contribution in [2.75, 3.05) is 6.79 Å². The van der Waals surface area contributed by atoms with E-state index in [1.165, 1.54) is 24.6 Å². The zero-order chi connectivity index (χ0) is 14.9. The number of amides is 1. The highest BCUT2D eigenvalue weighted by atomic mass is 32.2. The summed E-state index contributed by atoms with van der Waals surface area (Å²) in [6.45, 7) is 0.253. The summed E-state index contributed by atoms with van der Waals surface area (Å²) in [4.78, 5) is 17.4. The van der Waals surface area contributed by atoms with Gasteiger partial charge in [-0.2, -0.15) is 0 Å². The molecule has 1 aromatic carbocycles. The van der Waals surface area contributed by atoms with Crippen LogP contribution >= 0.6 is 11.8 Å². The van der Waals surface area contributed by atoms with Crippen LogP contribution in [0.2, 0.25) is 0 Å². The van der Waals surface area contributed by atoms with E-state index in [2.05, 4.69) is 10.3 Å². The summed E-state index contributed by atoms with van der Waals surface area (Å²) in [6.07, 6.45) is 6.58. The van der Waals surface area contributed by atoms with Crippen LogP contribution in [0.3, 0.4) is 0 Å². The molecule has 1 aromatic rings. The van der Waals surface area contributed by atoms with Crippen molar-refractivity contribution in [1.82, 2.24) is 5.32 Å². The molecule has 5 nitrogen and oxygen atoms in total. The van der Waals surface area contributed by atoms with Crippen LogP contribution in [0.5, 0.6) is 11.5 Å². The van der Waals surface area contributed by atoms with Crippen molar-refractivity contribution in [3.8, 4) is 11.5 Å². The second-order valence-electron chi connectivity index (χ2n) is 5.55. The lowest BCUT2D eigenvalue weighted by molar-refractivity contribution is -0.115. The summed E-state index contributed by atoms with van der Waals surface area (Å²) < 4.78 is 10.6. The smallest absolute Gasteiger partial charge is 0.264 e. The maximum absolute atomic E-state index is 12.1. The molecule has 1 amide bonds. The van der Waals surface area contributed by atoms with Gasteiger partial charge in [-0.15, -0.1) is 0 Å². The van der Waals surface area contributed by atoms with E-state index in [1.54, 1.807) is 0 Å². The van der Waals surface area contributed by atoms with Gasteiger partial charge in [0, 0.05) is 0 Å². The van der Waals surface area contributed by atoms with E-state index in [0.717, 1.165) is 35.1 Å². The van der Waals surface area contributed by atoms with Gasteiger partial charge in [0.05, 0.1) is 10.9 Å². The lowest BCUT2D eigenvalue weighted by Crippen LogP contribution is -2.21. The summed E-state index contributed by atoms with van der Waals surface area (Å²) in [5.41, 5.74) is 0.920. The van der Waals surface area contributed by atoms with Crippen molar-refractivity contribution in [2.24, 2.45) is 4.99 Å². The summed E-state index contributed by atoms with van der Waals surface area (Å²) in [6, 6.07) is 6.03. The molecule has 6 heteroatoms. The second kappa shape index (κ2) is 5.68. The van der Waals surface area contributed by atoms with Gasteiger partial charge in [0.2, 0.25) is 6.79 Å². The molecule has 2 heterocycles. The fourth-order valence-electron chi connectivity index (χ4n) is 2.84. The van der Waals surface area contributed by atoms with Crippen molar-refractivity contribution < 1.29 is 14.3 Å². The molecule has 1 saturated heterocycles. The van der Waals surface area contributed by atoms with Crippen molar-refractivity contribution in [2.45, 2.75) is 31.7 Å². The zero-order valence-corrected chi connectivity index (χ0v) is 12.8. The topological polar surface area (TPSA) is 59.9 Å². The molecule has 0 radical (unpaired) electrons. The van der Waals surface area contributed by atoms with Crippen LogP contribution in [0, 0.1) is 0 Å². The molecule has 0 bridgehead atoms. The van der Waals surface area contributed by atoms with Gasteiger partial charge in [0.15, 0.2) is 16.7 Å². The van der Waals surface area contributed by atoms with Gasteiger partial charge in [-0.25, -0.2) is 0 Å². The number of carbonyl (C=O) groups excluding carboxylic acids is 1. The summed E-state index contributed by atoms with van der Waals surface area (Å²) >= 11 is 1.41. The van der Waals surface area contributed by atoms with Crippen LogP contribution in [0.4, 0.5) is 0 Å². The zero-order valence-electron chi connectivity index (χ0n) is 12.0. The molecule has 0 aromatic heterocycles. The average Bonchev–Trinajstić information content (AvgIpc) is 3.21. The Balaban J connectivity index is 1.53. The van der Waals surface area contributed by atoms with E-state index in [1.807, 2.05) is 24.3 Å². The number of ether oxygens (including phenoxy) is 2. The molecular weight excluding hydrogens is 300 g/mol. The van der Waals surface area contributed by atoms with Crippen molar-refractivity contribution in [3.05, 3.63) is 28.7 Å². The van der Waals surface area contributed by atoms with E-state index >= 15 is 0 Å². The van der Waals surface area contributed by atoms with Crippen LogP contribution < -0.4 is 14.8 Å². The van der Waals surface area contributed by atoms with Crippen LogP contribution in [0.15, 0.2) is 28.1 Å². The summed E-state index contributed by atoms with van der Waals surface area (Å²) in [7, 11) is 0. The standard InChI is InChI=1S/C16H16N2O3S/c19-15-14(22-16(18-15)17-11-3-1-2-4-11)8-10-5-6-12-13(7-10)21-9-20-12/h5-8,11H,1-4,9H2,(H,17,18,19). The highest BCUT2D eigenvalue weighted by molar-refractivity contribution is 8.18. The molecule has 22 heavy (non-hydrogen) atoms. The van der Waals surface area contributed by atoms with E-state index in [4.69, 9.17) is 9.47 Å². The van der Waals surface area contributed by atoms with Gasteiger partial charge >= 0.3 is 0 Å². The first-order valence-corrected chi connectivity index (χ1v) is 8.28. The minimum absolute atomic E-state index is 0.0839. The number of carbonyl (C=O) groups is 1. The largest absolute Gasteiger partial charge is 0.454 e. The molecule has 0 atom stereocenters. The third kappa shape index (κ3) is 2.70. The van der Waals surface area contributed by atoms with Crippen molar-refractivity contribution >= 4 is 28.9 Å². The van der Waals surface area contributed by atoms with Crippen molar-refractivity contribution in [1.29, 1.82) is 0 Å². The number of hydrogen-bond acceptors (Lipinski definition) is 5. The summed E-state index contributed by atoms with van der Waals surface area (Å²) in [5.74, 6) is 1.38. The third-order valence-corrected chi connectivity index (χ3v) is 4.89. The van der Waals surface area contributed by atoms with Crippen LogP contribution in [0.1, 0.15) is 31.2 Å². The lowest BCUT2D eigenvalue weighted by atomic mass is 10.2. The van der Waals surface area contributed by atoms with E-state index in [0.29, 0.717) is 10.9 Å². The second-order valence-corrected chi connectivity index (χ2v) is 6.58. The van der Waals surface area contributed by atoms with Crippen LogP contribution in [-0.2, 0) is 4.79 Å². The van der Waals surface area contributed by atoms with Crippen LogP contribution in [0.25, 0.3) is 6.08 Å². The minimum atomic E-state index is -0.0839. The Bertz CT molecular complexity index is 678. The quantitative estimate of drug-likeness (QED) is 0.852. The van der Waals surface area contributed by atoms with Gasteiger partial charge in [0.25, 0.3) is 5.91 Å². The highest BCUT2D eigenvalue weighted by Gasteiger charge is 2.26. The first-order valence-electron chi connectivity index (χ1n) is 7.46. The summed E-state index contributed by atoms with van der Waals surface area (Å²) in [5, 5.41) is 3.58. The highest BCUT2D eigenvalue weighted by Crippen LogP contribution is 2.34. The number of benzene rings is 1. The Morgan fingerprint density at radius 3 is 2.91 bits per heavy atom.